The zero-order chi connectivity index (χ0) is 24.6. The second-order valence-electron chi connectivity index (χ2n) is 7.80. The molecule has 1 aliphatic heterocycles. The van der Waals surface area contributed by atoms with E-state index < -0.39 is 11.8 Å². The van der Waals surface area contributed by atoms with Gasteiger partial charge in [-0.3, -0.25) is 14.4 Å². The summed E-state index contributed by atoms with van der Waals surface area (Å²) >= 11 is 18.2. The van der Waals surface area contributed by atoms with Crippen LogP contribution in [-0.2, 0) is 9.59 Å². The van der Waals surface area contributed by atoms with Crippen LogP contribution in [0.1, 0.15) is 21.5 Å². The molecule has 0 aromatic heterocycles. The van der Waals surface area contributed by atoms with Crippen LogP contribution < -0.4 is 15.5 Å². The number of nitrogens with one attached hydrogen (secondary N) is 2. The molecule has 1 aliphatic rings. The van der Waals surface area contributed by atoms with Gasteiger partial charge in [-0.15, -0.1) is 0 Å². The molecule has 0 saturated carbocycles. The van der Waals surface area contributed by atoms with Crippen molar-refractivity contribution in [2.45, 2.75) is 13.8 Å². The molecule has 2 N–H and O–H groups in total. The van der Waals surface area contributed by atoms with Crippen LogP contribution in [0.3, 0.4) is 0 Å². The van der Waals surface area contributed by atoms with E-state index in [1.807, 2.05) is 32.0 Å². The molecule has 0 spiro atoms. The van der Waals surface area contributed by atoms with Crippen molar-refractivity contribution in [3.8, 4) is 0 Å². The van der Waals surface area contributed by atoms with Crippen molar-refractivity contribution in [3.05, 3.63) is 98.1 Å². The highest BCUT2D eigenvalue weighted by Gasteiger charge is 2.39. The number of halogens is 3. The van der Waals surface area contributed by atoms with E-state index >= 15 is 0 Å². The Morgan fingerprint density at radius 2 is 1.44 bits per heavy atom. The molecule has 4 rings (SSSR count). The maximum absolute atomic E-state index is 13.0. The number of nitrogens with zero attached hydrogens (tertiary/aromatic N) is 1. The van der Waals surface area contributed by atoms with Crippen molar-refractivity contribution >= 4 is 69.6 Å². The number of rotatable bonds is 5. The smallest absolute Gasteiger partial charge is 0.283 e. The summed E-state index contributed by atoms with van der Waals surface area (Å²) in [5, 5.41) is 5.98. The van der Waals surface area contributed by atoms with Gasteiger partial charge in [0.1, 0.15) is 10.7 Å². The zero-order valence-electron chi connectivity index (χ0n) is 18.1. The van der Waals surface area contributed by atoms with Crippen molar-refractivity contribution in [2.75, 3.05) is 15.5 Å². The summed E-state index contributed by atoms with van der Waals surface area (Å²) in [6, 6.07) is 16.6. The maximum atomic E-state index is 13.0. The Hall–Kier alpha value is -3.32. The molecule has 9 heteroatoms. The topological polar surface area (TPSA) is 78.5 Å². The quantitative estimate of drug-likeness (QED) is 0.392. The van der Waals surface area contributed by atoms with Crippen LogP contribution >= 0.6 is 34.8 Å². The van der Waals surface area contributed by atoms with E-state index in [9.17, 15) is 14.4 Å². The third kappa shape index (κ3) is 4.94. The molecule has 3 amide bonds. The number of anilines is 3. The lowest BCUT2D eigenvalue weighted by molar-refractivity contribution is -0.120. The maximum Gasteiger partial charge on any atom is 0.283 e. The van der Waals surface area contributed by atoms with Crippen LogP contribution in [0.2, 0.25) is 10.0 Å². The minimum atomic E-state index is -0.712. The van der Waals surface area contributed by atoms with Gasteiger partial charge in [0.25, 0.3) is 17.7 Å². The number of carbonyl (C=O) groups is 3. The largest absolute Gasteiger partial charge is 0.350 e. The first kappa shape index (κ1) is 23.8. The van der Waals surface area contributed by atoms with Crippen molar-refractivity contribution in [1.82, 2.24) is 0 Å². The van der Waals surface area contributed by atoms with Gasteiger partial charge in [0.15, 0.2) is 0 Å². The molecule has 0 saturated heterocycles. The number of imide groups is 1. The Bertz CT molecular complexity index is 1340. The fraction of sp³-hybridized carbons (Fsp3) is 0.0800. The Labute approximate surface area is 211 Å². The van der Waals surface area contributed by atoms with E-state index in [1.165, 1.54) is 18.2 Å². The number of aryl methyl sites for hydroxylation is 2. The van der Waals surface area contributed by atoms with E-state index in [0.717, 1.165) is 16.0 Å². The number of amides is 3. The van der Waals surface area contributed by atoms with Crippen LogP contribution in [0, 0.1) is 13.8 Å². The molecule has 0 unspecified atom stereocenters. The summed E-state index contributed by atoms with van der Waals surface area (Å²) < 4.78 is 0. The lowest BCUT2D eigenvalue weighted by atomic mass is 10.1. The number of benzene rings is 3. The van der Waals surface area contributed by atoms with Gasteiger partial charge in [-0.05, 0) is 73.5 Å². The average Bonchev–Trinajstić information content (AvgIpc) is 2.95. The van der Waals surface area contributed by atoms with Crippen LogP contribution in [0.4, 0.5) is 17.1 Å². The second kappa shape index (κ2) is 9.50. The first-order valence-electron chi connectivity index (χ1n) is 10.1. The van der Waals surface area contributed by atoms with Gasteiger partial charge in [-0.1, -0.05) is 46.9 Å². The highest BCUT2D eigenvalue weighted by molar-refractivity contribution is 6.53. The summed E-state index contributed by atoms with van der Waals surface area (Å²) in [6.07, 6.45) is 0. The van der Waals surface area contributed by atoms with Gasteiger partial charge in [-0.25, -0.2) is 4.90 Å². The minimum Gasteiger partial charge on any atom is -0.350 e. The van der Waals surface area contributed by atoms with Crippen molar-refractivity contribution in [1.29, 1.82) is 0 Å². The number of carbonyl (C=O) groups excluding carboxylic acids is 3. The van der Waals surface area contributed by atoms with E-state index in [2.05, 4.69) is 10.6 Å². The Kier molecular flexibility index (Phi) is 6.66. The molecule has 3 aromatic rings. The molecule has 0 fully saturated rings. The van der Waals surface area contributed by atoms with Crippen molar-refractivity contribution < 1.29 is 14.4 Å². The zero-order valence-corrected chi connectivity index (χ0v) is 20.3. The molecule has 0 aliphatic carbocycles. The minimum absolute atomic E-state index is 0.116. The normalized spacial score (nSPS) is 13.5. The van der Waals surface area contributed by atoms with E-state index in [-0.39, 0.29) is 32.4 Å². The van der Waals surface area contributed by atoms with Crippen LogP contribution in [-0.4, -0.2) is 17.7 Å². The fourth-order valence-electron chi connectivity index (χ4n) is 3.65. The number of hydrogen-bond acceptors (Lipinski definition) is 4. The number of hydrogen-bond donors (Lipinski definition) is 2. The molecule has 0 atom stereocenters. The van der Waals surface area contributed by atoms with Crippen molar-refractivity contribution in [2.24, 2.45) is 0 Å². The summed E-state index contributed by atoms with van der Waals surface area (Å²) in [6.45, 7) is 3.90. The van der Waals surface area contributed by atoms with Gasteiger partial charge < -0.3 is 10.6 Å². The Morgan fingerprint density at radius 3 is 2.09 bits per heavy atom. The lowest BCUT2D eigenvalue weighted by Gasteiger charge is -2.16. The van der Waals surface area contributed by atoms with Crippen LogP contribution in [0.5, 0.6) is 0 Å². The van der Waals surface area contributed by atoms with Gasteiger partial charge in [-0.2, -0.15) is 0 Å². The molecule has 0 bridgehead atoms. The molecule has 172 valence electrons. The first-order valence-corrected chi connectivity index (χ1v) is 11.3. The predicted octanol–water partition coefficient (Wildman–Crippen LogP) is 6.30. The standard InChI is InChI=1S/C25H18Cl3N3O3/c1-13-6-14(2)8-19(7-13)30-23(32)15-4-3-5-18(9-15)29-22-21(28)24(33)31(25(22)34)20-11-16(26)10-17(27)12-20/h3-12,29H,1-2H3,(H,30,32). The third-order valence-corrected chi connectivity index (χ3v) is 5.79. The monoisotopic (exact) mass is 513 g/mol. The molecule has 1 heterocycles. The fourth-order valence-corrected chi connectivity index (χ4v) is 4.37. The molecule has 3 aromatic carbocycles. The average molecular weight is 515 g/mol. The highest BCUT2D eigenvalue weighted by Crippen LogP contribution is 2.33. The summed E-state index contributed by atoms with van der Waals surface area (Å²) in [5.41, 5.74) is 3.59. The third-order valence-electron chi connectivity index (χ3n) is 5.01. The summed E-state index contributed by atoms with van der Waals surface area (Å²) in [7, 11) is 0. The van der Waals surface area contributed by atoms with E-state index in [0.29, 0.717) is 16.9 Å². The van der Waals surface area contributed by atoms with Crippen LogP contribution in [0.15, 0.2) is 71.4 Å². The van der Waals surface area contributed by atoms with Crippen LogP contribution in [0.25, 0.3) is 0 Å². The van der Waals surface area contributed by atoms with E-state index in [4.69, 9.17) is 34.8 Å². The first-order chi connectivity index (χ1) is 16.1. The van der Waals surface area contributed by atoms with Gasteiger partial charge in [0.05, 0.1) is 5.69 Å². The molecular formula is C25H18Cl3N3O3. The predicted molar refractivity (Wildman–Crippen MR) is 136 cm³/mol. The molecule has 0 radical (unpaired) electrons. The van der Waals surface area contributed by atoms with E-state index in [1.54, 1.807) is 24.3 Å². The van der Waals surface area contributed by atoms with Gasteiger partial charge >= 0.3 is 0 Å². The summed E-state index contributed by atoms with van der Waals surface area (Å²) in [5.74, 6) is -1.70. The second-order valence-corrected chi connectivity index (χ2v) is 9.05. The molecule has 6 nitrogen and oxygen atoms in total. The Morgan fingerprint density at radius 1 is 0.794 bits per heavy atom. The van der Waals surface area contributed by atoms with Gasteiger partial charge in [0.2, 0.25) is 0 Å². The molecule has 34 heavy (non-hydrogen) atoms. The SMILES string of the molecule is Cc1cc(C)cc(NC(=O)c2cccc(NC3=C(Cl)C(=O)N(c4cc(Cl)cc(Cl)c4)C3=O)c2)c1. The lowest BCUT2D eigenvalue weighted by Crippen LogP contribution is -2.32. The van der Waals surface area contributed by atoms with Gasteiger partial charge in [0, 0.05) is 27.0 Å². The molecular weight excluding hydrogens is 497 g/mol. The summed E-state index contributed by atoms with van der Waals surface area (Å²) in [4.78, 5) is 39.4. The highest BCUT2D eigenvalue weighted by atomic mass is 35.5. The Balaban J connectivity index is 1.56. The van der Waals surface area contributed by atoms with Crippen molar-refractivity contribution in [3.63, 3.8) is 0 Å².